The summed E-state index contributed by atoms with van der Waals surface area (Å²) in [5, 5.41) is 12.2. The maximum atomic E-state index is 9.99. The van der Waals surface area contributed by atoms with Gasteiger partial charge in [0.1, 0.15) is 12.4 Å². The van der Waals surface area contributed by atoms with Gasteiger partial charge < -0.3 is 9.84 Å². The molecule has 0 aliphatic heterocycles. The Morgan fingerprint density at radius 3 is 2.47 bits per heavy atom. The second kappa shape index (κ2) is 5.62. The van der Waals surface area contributed by atoms with Crippen LogP contribution in [-0.2, 0) is 0 Å². The summed E-state index contributed by atoms with van der Waals surface area (Å²) in [5.74, 6) is 0.839. The van der Waals surface area contributed by atoms with Crippen molar-refractivity contribution in [1.29, 1.82) is 0 Å². The van der Waals surface area contributed by atoms with Crippen LogP contribution >= 0.6 is 0 Å². The zero-order valence-corrected chi connectivity index (χ0v) is 11.9. The fourth-order valence-electron chi connectivity index (χ4n) is 2.27. The van der Waals surface area contributed by atoms with Crippen molar-refractivity contribution in [1.82, 2.24) is 0 Å². The Morgan fingerprint density at radius 2 is 1.74 bits per heavy atom. The maximum Gasteiger partial charge on any atom is 0.127 e. The Hall–Kier alpha value is -1.54. The quantitative estimate of drug-likeness (QED) is 0.897. The van der Waals surface area contributed by atoms with E-state index in [4.69, 9.17) is 4.74 Å². The molecule has 0 radical (unpaired) electrons. The largest absolute Gasteiger partial charge is 0.490 e. The molecule has 0 heterocycles. The summed E-state index contributed by atoms with van der Waals surface area (Å²) < 4.78 is 5.78. The van der Waals surface area contributed by atoms with Crippen molar-refractivity contribution in [3.8, 4) is 5.75 Å². The van der Waals surface area contributed by atoms with Gasteiger partial charge in [-0.1, -0.05) is 57.2 Å². The number of aliphatic hydroxyl groups excluding tert-OH is 1. The minimum Gasteiger partial charge on any atom is -0.490 e. The Kier molecular flexibility index (Phi) is 4.11. The topological polar surface area (TPSA) is 29.5 Å². The second-order valence-electron chi connectivity index (χ2n) is 6.21. The zero-order valence-electron chi connectivity index (χ0n) is 11.9. The first-order chi connectivity index (χ1) is 8.96. The number of hydrogen-bond acceptors (Lipinski definition) is 2. The molecule has 0 bridgehead atoms. The van der Waals surface area contributed by atoms with Crippen molar-refractivity contribution in [2.45, 2.75) is 33.3 Å². The van der Waals surface area contributed by atoms with Gasteiger partial charge in [0.05, 0.1) is 6.10 Å². The molecule has 2 heteroatoms. The molecule has 2 aromatic carbocycles. The lowest BCUT2D eigenvalue weighted by molar-refractivity contribution is 0.0716. The predicted octanol–water partition coefficient (Wildman–Crippen LogP) is 4.02. The summed E-state index contributed by atoms with van der Waals surface area (Å²) >= 11 is 0. The third-order valence-corrected chi connectivity index (χ3v) is 3.03. The van der Waals surface area contributed by atoms with Crippen LogP contribution in [0.2, 0.25) is 0 Å². The van der Waals surface area contributed by atoms with Gasteiger partial charge in [-0.15, -0.1) is 0 Å². The molecule has 1 atom stereocenters. The van der Waals surface area contributed by atoms with E-state index in [2.05, 4.69) is 32.9 Å². The Bertz CT molecular complexity index is 535. The van der Waals surface area contributed by atoms with E-state index in [1.165, 1.54) is 0 Å². The van der Waals surface area contributed by atoms with E-state index >= 15 is 0 Å². The van der Waals surface area contributed by atoms with Gasteiger partial charge in [-0.25, -0.2) is 0 Å². The Morgan fingerprint density at radius 1 is 1.05 bits per heavy atom. The highest BCUT2D eigenvalue weighted by molar-refractivity contribution is 5.88. The number of ether oxygens (including phenoxy) is 1. The fourth-order valence-corrected chi connectivity index (χ4v) is 2.27. The molecule has 0 spiro atoms. The molecule has 0 saturated heterocycles. The smallest absolute Gasteiger partial charge is 0.127 e. The summed E-state index contributed by atoms with van der Waals surface area (Å²) in [6, 6.07) is 14.1. The molecule has 102 valence electrons. The highest BCUT2D eigenvalue weighted by Crippen LogP contribution is 2.26. The molecule has 2 rings (SSSR count). The molecule has 0 fully saturated rings. The first-order valence-electron chi connectivity index (χ1n) is 6.74. The number of fused-ring (bicyclic) bond motifs is 1. The van der Waals surface area contributed by atoms with Gasteiger partial charge in [0.15, 0.2) is 0 Å². The number of rotatable bonds is 4. The predicted molar refractivity (Wildman–Crippen MR) is 79.5 cm³/mol. The molecule has 0 aromatic heterocycles. The van der Waals surface area contributed by atoms with E-state index in [0.717, 1.165) is 22.9 Å². The van der Waals surface area contributed by atoms with Crippen molar-refractivity contribution in [2.75, 3.05) is 6.61 Å². The molecule has 2 aromatic rings. The van der Waals surface area contributed by atoms with Crippen molar-refractivity contribution in [3.63, 3.8) is 0 Å². The van der Waals surface area contributed by atoms with E-state index in [1.807, 2.05) is 30.3 Å². The molecule has 0 amide bonds. The van der Waals surface area contributed by atoms with Crippen LogP contribution in [0.25, 0.3) is 10.8 Å². The molecule has 2 nitrogen and oxygen atoms in total. The van der Waals surface area contributed by atoms with Crippen LogP contribution in [0.3, 0.4) is 0 Å². The maximum absolute atomic E-state index is 9.99. The van der Waals surface area contributed by atoms with E-state index in [9.17, 15) is 5.11 Å². The Balaban J connectivity index is 2.06. The summed E-state index contributed by atoms with van der Waals surface area (Å²) in [6.07, 6.45) is 0.302. The van der Waals surface area contributed by atoms with Crippen molar-refractivity contribution < 1.29 is 9.84 Å². The van der Waals surface area contributed by atoms with Crippen LogP contribution < -0.4 is 4.74 Å². The van der Waals surface area contributed by atoms with Crippen molar-refractivity contribution in [3.05, 3.63) is 42.5 Å². The van der Waals surface area contributed by atoms with E-state index in [1.54, 1.807) is 0 Å². The van der Waals surface area contributed by atoms with E-state index < -0.39 is 6.10 Å². The van der Waals surface area contributed by atoms with E-state index in [-0.39, 0.29) is 5.41 Å². The third kappa shape index (κ3) is 3.97. The van der Waals surface area contributed by atoms with Crippen LogP contribution in [0.4, 0.5) is 0 Å². The average molecular weight is 258 g/mol. The lowest BCUT2D eigenvalue weighted by atomic mass is 9.89. The molecule has 1 N–H and O–H groups in total. The molecular formula is C17H22O2. The Labute approximate surface area is 115 Å². The van der Waals surface area contributed by atoms with Gasteiger partial charge in [-0.2, -0.15) is 0 Å². The molecule has 0 aliphatic rings. The number of hydrogen-bond donors (Lipinski definition) is 1. The lowest BCUT2D eigenvalue weighted by Crippen LogP contribution is -2.23. The van der Waals surface area contributed by atoms with Crippen LogP contribution in [0.5, 0.6) is 5.75 Å². The van der Waals surface area contributed by atoms with Crippen molar-refractivity contribution in [2.24, 2.45) is 5.41 Å². The molecule has 0 saturated carbocycles. The van der Waals surface area contributed by atoms with Crippen molar-refractivity contribution >= 4 is 10.8 Å². The second-order valence-corrected chi connectivity index (χ2v) is 6.21. The first kappa shape index (κ1) is 13.9. The normalized spacial score (nSPS) is 13.5. The third-order valence-electron chi connectivity index (χ3n) is 3.03. The molecule has 1 unspecified atom stereocenters. The van der Waals surface area contributed by atoms with Crippen LogP contribution in [0.1, 0.15) is 27.2 Å². The zero-order chi connectivity index (χ0) is 13.9. The molecular weight excluding hydrogens is 236 g/mol. The van der Waals surface area contributed by atoms with Crippen LogP contribution in [-0.4, -0.2) is 17.8 Å². The standard InChI is InChI=1S/C17H22O2/c1-17(2,3)11-14(18)12-19-16-10-6-8-13-7-4-5-9-15(13)16/h4-10,14,18H,11-12H2,1-3H3. The monoisotopic (exact) mass is 258 g/mol. The van der Waals surface area contributed by atoms with Gasteiger partial charge in [-0.3, -0.25) is 0 Å². The lowest BCUT2D eigenvalue weighted by Gasteiger charge is -2.22. The number of aliphatic hydroxyl groups is 1. The van der Waals surface area contributed by atoms with Gasteiger partial charge in [0, 0.05) is 5.39 Å². The molecule has 19 heavy (non-hydrogen) atoms. The average Bonchev–Trinajstić information content (AvgIpc) is 2.34. The highest BCUT2D eigenvalue weighted by atomic mass is 16.5. The fraction of sp³-hybridized carbons (Fsp3) is 0.412. The van der Waals surface area contributed by atoms with Gasteiger partial charge >= 0.3 is 0 Å². The SMILES string of the molecule is CC(C)(C)CC(O)COc1cccc2ccccc12. The van der Waals surface area contributed by atoms with Crippen LogP contribution in [0.15, 0.2) is 42.5 Å². The summed E-state index contributed by atoms with van der Waals surface area (Å²) in [6.45, 7) is 6.70. The number of benzene rings is 2. The summed E-state index contributed by atoms with van der Waals surface area (Å²) in [4.78, 5) is 0. The highest BCUT2D eigenvalue weighted by Gasteiger charge is 2.17. The van der Waals surface area contributed by atoms with Gasteiger partial charge in [0.2, 0.25) is 0 Å². The van der Waals surface area contributed by atoms with Gasteiger partial charge in [-0.05, 0) is 23.3 Å². The minimum atomic E-state index is -0.432. The van der Waals surface area contributed by atoms with Crippen LogP contribution in [0, 0.1) is 5.41 Å². The van der Waals surface area contributed by atoms with Gasteiger partial charge in [0.25, 0.3) is 0 Å². The molecule has 0 aliphatic carbocycles. The summed E-state index contributed by atoms with van der Waals surface area (Å²) in [7, 11) is 0. The summed E-state index contributed by atoms with van der Waals surface area (Å²) in [5.41, 5.74) is 0.113. The first-order valence-corrected chi connectivity index (χ1v) is 6.74. The van der Waals surface area contributed by atoms with E-state index in [0.29, 0.717) is 6.61 Å². The minimum absolute atomic E-state index is 0.113.